The second-order valence-electron chi connectivity index (χ2n) is 16.3. The van der Waals surface area contributed by atoms with Crippen molar-refractivity contribution in [3.05, 3.63) is 237 Å². The van der Waals surface area contributed by atoms with Crippen molar-refractivity contribution in [2.45, 2.75) is 0 Å². The molecule has 0 bridgehead atoms. The van der Waals surface area contributed by atoms with Crippen molar-refractivity contribution < 1.29 is 4.42 Å². The normalized spacial score (nSPS) is 11.4. The first-order valence-corrected chi connectivity index (χ1v) is 21.9. The van der Waals surface area contributed by atoms with Crippen molar-refractivity contribution in [2.75, 3.05) is 0 Å². The minimum Gasteiger partial charge on any atom is -0.455 e. The molecule has 2 aromatic heterocycles. The molecule has 0 amide bonds. The lowest BCUT2D eigenvalue weighted by Crippen LogP contribution is -2.00. The Hall–Kier alpha value is -8.73. The highest BCUT2D eigenvalue weighted by Crippen LogP contribution is 2.43. The van der Waals surface area contributed by atoms with Gasteiger partial charge in [0.25, 0.3) is 0 Å². The van der Waals surface area contributed by atoms with Gasteiger partial charge in [-0.15, -0.1) is 0 Å². The summed E-state index contributed by atoms with van der Waals surface area (Å²) >= 11 is 0. The molecule has 0 aliphatic rings. The fourth-order valence-electron chi connectivity index (χ4n) is 9.18. The van der Waals surface area contributed by atoms with E-state index in [-0.39, 0.29) is 0 Å². The molecule has 0 fully saturated rings. The van der Waals surface area contributed by atoms with Crippen LogP contribution in [0.2, 0.25) is 0 Å². The smallest absolute Gasteiger partial charge is 0.164 e. The fourth-order valence-corrected chi connectivity index (χ4v) is 9.18. The molecule has 12 rings (SSSR count). The number of nitrogens with zero attached hydrogens (tertiary/aromatic N) is 3. The van der Waals surface area contributed by atoms with Gasteiger partial charge in [-0.3, -0.25) is 0 Å². The van der Waals surface area contributed by atoms with Gasteiger partial charge < -0.3 is 4.42 Å². The summed E-state index contributed by atoms with van der Waals surface area (Å²) in [6.45, 7) is 0. The first-order chi connectivity index (χ1) is 32.2. The number of hydrogen-bond donors (Lipinski definition) is 0. The van der Waals surface area contributed by atoms with E-state index in [2.05, 4.69) is 218 Å². The molecule has 0 aliphatic heterocycles. The van der Waals surface area contributed by atoms with Crippen molar-refractivity contribution in [3.63, 3.8) is 0 Å². The van der Waals surface area contributed by atoms with Crippen LogP contribution in [-0.2, 0) is 0 Å². The first kappa shape index (κ1) is 38.0. The highest BCUT2D eigenvalue weighted by Gasteiger charge is 2.21. The molecule has 12 aromatic rings. The molecule has 65 heavy (non-hydrogen) atoms. The molecule has 0 atom stereocenters. The Balaban J connectivity index is 1.03. The maximum absolute atomic E-state index is 6.88. The van der Waals surface area contributed by atoms with Gasteiger partial charge in [0.2, 0.25) is 0 Å². The summed E-state index contributed by atoms with van der Waals surface area (Å²) < 4.78 is 6.88. The molecule has 0 unspecified atom stereocenters. The van der Waals surface area contributed by atoms with Crippen LogP contribution in [-0.4, -0.2) is 15.0 Å². The van der Waals surface area contributed by atoms with E-state index in [1.165, 1.54) is 11.1 Å². The van der Waals surface area contributed by atoms with E-state index in [0.717, 1.165) is 93.9 Å². The van der Waals surface area contributed by atoms with Crippen LogP contribution >= 0.6 is 0 Å². The quantitative estimate of drug-likeness (QED) is 0.153. The Kier molecular flexibility index (Phi) is 9.46. The number of hydrogen-bond acceptors (Lipinski definition) is 4. The molecule has 0 radical (unpaired) electrons. The second-order valence-corrected chi connectivity index (χ2v) is 16.3. The topological polar surface area (TPSA) is 51.8 Å². The third kappa shape index (κ3) is 7.04. The van der Waals surface area contributed by atoms with Gasteiger partial charge in [-0.1, -0.05) is 218 Å². The molecule has 0 spiro atoms. The fraction of sp³-hybridized carbons (Fsp3) is 0. The van der Waals surface area contributed by atoms with Crippen molar-refractivity contribution in [2.24, 2.45) is 0 Å². The van der Waals surface area contributed by atoms with E-state index in [1.54, 1.807) is 0 Å². The monoisotopic (exact) mass is 829 g/mol. The zero-order chi connectivity index (χ0) is 43.1. The number of para-hydroxylation sites is 1. The molecule has 0 saturated heterocycles. The Morgan fingerprint density at radius 1 is 0.262 bits per heavy atom. The van der Waals surface area contributed by atoms with Crippen molar-refractivity contribution in [3.8, 4) is 89.8 Å². The van der Waals surface area contributed by atoms with Crippen molar-refractivity contribution >= 4 is 32.7 Å². The van der Waals surface area contributed by atoms with E-state index in [4.69, 9.17) is 19.4 Å². The second kappa shape index (κ2) is 16.2. The maximum Gasteiger partial charge on any atom is 0.164 e. The standard InChI is InChI=1S/C61H39N3O/c1-5-16-40(17-6-1)41-30-33-46(34-31-41)59-62-60(48-35-32-45-24-13-25-49(55(45)39-48)42-18-7-2-8-19-42)64-61(63-59)53-28-15-29-56-57(53)52-27-14-26-51(58(52)65-56)47-36-37-50(43-20-9-3-10-21-43)54(38-47)44-22-11-4-12-23-44/h1-39H. The van der Waals surface area contributed by atoms with Gasteiger partial charge in [0.05, 0.1) is 0 Å². The molecular formula is C61H39N3O. The SMILES string of the molecule is c1ccc(-c2ccc(-c3nc(-c4ccc5cccc(-c6ccccc6)c5c4)nc(-c4cccc5oc6c(-c7ccc(-c8ccccc8)c(-c8ccccc8)c7)cccc6c45)n3)cc2)cc1. The zero-order valence-corrected chi connectivity index (χ0v) is 35.3. The number of furan rings is 1. The van der Waals surface area contributed by atoms with Crippen LogP contribution in [0.25, 0.3) is 123 Å². The van der Waals surface area contributed by atoms with E-state index in [1.807, 2.05) is 18.2 Å². The largest absolute Gasteiger partial charge is 0.455 e. The van der Waals surface area contributed by atoms with E-state index in [9.17, 15) is 0 Å². The lowest BCUT2D eigenvalue weighted by atomic mass is 9.90. The number of benzene rings is 10. The predicted molar refractivity (Wildman–Crippen MR) is 268 cm³/mol. The minimum absolute atomic E-state index is 0.575. The summed E-state index contributed by atoms with van der Waals surface area (Å²) in [6.07, 6.45) is 0. The van der Waals surface area contributed by atoms with E-state index < -0.39 is 0 Å². The summed E-state index contributed by atoms with van der Waals surface area (Å²) in [6, 6.07) is 82.9. The Morgan fingerprint density at radius 3 is 1.48 bits per heavy atom. The molecule has 0 aliphatic carbocycles. The molecular weight excluding hydrogens is 791 g/mol. The molecule has 304 valence electrons. The van der Waals surface area contributed by atoms with Crippen LogP contribution in [0.1, 0.15) is 0 Å². The zero-order valence-electron chi connectivity index (χ0n) is 35.3. The number of aromatic nitrogens is 3. The van der Waals surface area contributed by atoms with Gasteiger partial charge in [0, 0.05) is 33.0 Å². The van der Waals surface area contributed by atoms with Gasteiger partial charge in [0.1, 0.15) is 11.2 Å². The van der Waals surface area contributed by atoms with Crippen LogP contribution in [0.5, 0.6) is 0 Å². The summed E-state index contributed by atoms with van der Waals surface area (Å²) in [5.74, 6) is 1.77. The average molecular weight is 830 g/mol. The molecule has 4 nitrogen and oxygen atoms in total. The minimum atomic E-state index is 0.575. The van der Waals surface area contributed by atoms with Gasteiger partial charge in [-0.05, 0) is 79.0 Å². The lowest BCUT2D eigenvalue weighted by molar-refractivity contribution is 0.670. The number of fused-ring (bicyclic) bond motifs is 4. The van der Waals surface area contributed by atoms with Gasteiger partial charge in [-0.25, -0.2) is 15.0 Å². The summed E-state index contributed by atoms with van der Waals surface area (Å²) in [5, 5.41) is 4.24. The summed E-state index contributed by atoms with van der Waals surface area (Å²) in [5.41, 5.74) is 15.6. The lowest BCUT2D eigenvalue weighted by Gasteiger charge is -2.13. The van der Waals surface area contributed by atoms with Crippen LogP contribution in [0.4, 0.5) is 0 Å². The Bertz CT molecular complexity index is 3680. The van der Waals surface area contributed by atoms with Crippen LogP contribution < -0.4 is 0 Å². The number of rotatable bonds is 8. The van der Waals surface area contributed by atoms with Gasteiger partial charge >= 0.3 is 0 Å². The van der Waals surface area contributed by atoms with Crippen LogP contribution in [0.15, 0.2) is 241 Å². The van der Waals surface area contributed by atoms with E-state index in [0.29, 0.717) is 17.5 Å². The molecule has 4 heteroatoms. The predicted octanol–water partition coefficient (Wildman–Crippen LogP) is 16.3. The van der Waals surface area contributed by atoms with Crippen LogP contribution in [0, 0.1) is 0 Å². The molecule has 2 heterocycles. The van der Waals surface area contributed by atoms with Gasteiger partial charge in [-0.2, -0.15) is 0 Å². The van der Waals surface area contributed by atoms with E-state index >= 15 is 0 Å². The summed E-state index contributed by atoms with van der Waals surface area (Å²) in [4.78, 5) is 15.8. The Morgan fingerprint density at radius 2 is 0.769 bits per heavy atom. The molecule has 10 aromatic carbocycles. The highest BCUT2D eigenvalue weighted by atomic mass is 16.3. The average Bonchev–Trinajstić information content (AvgIpc) is 3.78. The third-order valence-corrected chi connectivity index (χ3v) is 12.4. The highest BCUT2D eigenvalue weighted by molar-refractivity contribution is 6.15. The van der Waals surface area contributed by atoms with Gasteiger partial charge in [0.15, 0.2) is 17.5 Å². The first-order valence-electron chi connectivity index (χ1n) is 21.9. The molecule has 0 N–H and O–H groups in total. The van der Waals surface area contributed by atoms with Crippen LogP contribution in [0.3, 0.4) is 0 Å². The summed E-state index contributed by atoms with van der Waals surface area (Å²) in [7, 11) is 0. The molecule has 0 saturated carbocycles. The third-order valence-electron chi connectivity index (χ3n) is 12.4. The Labute approximate surface area is 376 Å². The maximum atomic E-state index is 6.88. The van der Waals surface area contributed by atoms with Crippen molar-refractivity contribution in [1.29, 1.82) is 0 Å². The van der Waals surface area contributed by atoms with Crippen molar-refractivity contribution in [1.82, 2.24) is 15.0 Å².